The summed E-state index contributed by atoms with van der Waals surface area (Å²) >= 11 is 1.36. The number of nitrogens with zero attached hydrogens (tertiary/aromatic N) is 4. The van der Waals surface area contributed by atoms with Crippen LogP contribution in [0.15, 0.2) is 70.7 Å². The van der Waals surface area contributed by atoms with Crippen LogP contribution in [0, 0.1) is 12.7 Å². The third kappa shape index (κ3) is 3.68. The van der Waals surface area contributed by atoms with Gasteiger partial charge in [-0.1, -0.05) is 30.0 Å². The fraction of sp³-hybridized carbons (Fsp3) is 0.136. The van der Waals surface area contributed by atoms with Crippen LogP contribution in [0.2, 0.25) is 0 Å². The Labute approximate surface area is 182 Å². The summed E-state index contributed by atoms with van der Waals surface area (Å²) in [6.45, 7) is 1.76. The molecule has 0 aliphatic rings. The number of carbonyl (C=O) groups is 1. The van der Waals surface area contributed by atoms with Crippen LogP contribution in [0.25, 0.3) is 11.4 Å². The number of anilines is 1. The molecule has 2 aromatic heterocycles. The van der Waals surface area contributed by atoms with Crippen molar-refractivity contribution in [3.05, 3.63) is 88.4 Å². The number of hydrogen-bond donors (Lipinski definition) is 1. The van der Waals surface area contributed by atoms with Crippen molar-refractivity contribution < 1.29 is 9.18 Å². The number of aromatic nitrogens is 4. The van der Waals surface area contributed by atoms with Gasteiger partial charge in [-0.15, -0.1) is 0 Å². The minimum atomic E-state index is -0.483. The van der Waals surface area contributed by atoms with Crippen molar-refractivity contribution in [2.75, 3.05) is 11.6 Å². The van der Waals surface area contributed by atoms with Crippen LogP contribution in [-0.4, -0.2) is 31.1 Å². The fourth-order valence-corrected chi connectivity index (χ4v) is 3.91. The van der Waals surface area contributed by atoms with E-state index < -0.39 is 5.91 Å². The molecular formula is C22H20FN5O2S. The fourth-order valence-electron chi connectivity index (χ4n) is 3.37. The molecule has 0 aliphatic heterocycles. The number of benzene rings is 2. The summed E-state index contributed by atoms with van der Waals surface area (Å²) in [6.07, 6.45) is 3.28. The third-order valence-electron chi connectivity index (χ3n) is 5.02. The lowest BCUT2D eigenvalue weighted by Gasteiger charge is -2.11. The number of para-hydroxylation sites is 1. The van der Waals surface area contributed by atoms with E-state index in [9.17, 15) is 14.0 Å². The summed E-state index contributed by atoms with van der Waals surface area (Å²) in [4.78, 5) is 30.5. The maximum absolute atomic E-state index is 13.4. The number of carbonyl (C=O) groups excluding carboxylic acids is 1. The molecule has 0 aliphatic carbocycles. The number of amides is 1. The van der Waals surface area contributed by atoms with Gasteiger partial charge in [-0.3, -0.25) is 18.8 Å². The van der Waals surface area contributed by atoms with E-state index in [1.807, 2.05) is 36.6 Å². The lowest BCUT2D eigenvalue weighted by Crippen LogP contribution is -2.24. The summed E-state index contributed by atoms with van der Waals surface area (Å²) in [5.41, 5.74) is 2.00. The molecule has 9 heteroatoms. The standard InChI is InChI=1S/C22H20FN5O2S/c1-14-19(21(30)28(26(14)2)17-7-5-4-6-8-17)25-20(29)18-13-24-22(31-3)27(18)16-11-9-15(23)10-12-16/h4-13H,1-3H3,(H,25,29). The van der Waals surface area contributed by atoms with Crippen molar-refractivity contribution in [3.8, 4) is 11.4 Å². The maximum Gasteiger partial charge on any atom is 0.295 e. The van der Waals surface area contributed by atoms with E-state index in [4.69, 9.17) is 0 Å². The molecule has 1 amide bonds. The first-order chi connectivity index (χ1) is 14.9. The van der Waals surface area contributed by atoms with Crippen molar-refractivity contribution in [1.29, 1.82) is 0 Å². The summed E-state index contributed by atoms with van der Waals surface area (Å²) in [7, 11) is 1.76. The Morgan fingerprint density at radius 1 is 1.06 bits per heavy atom. The maximum atomic E-state index is 13.4. The van der Waals surface area contributed by atoms with E-state index in [1.54, 1.807) is 35.4 Å². The van der Waals surface area contributed by atoms with Crippen LogP contribution in [-0.2, 0) is 7.05 Å². The zero-order valence-corrected chi connectivity index (χ0v) is 18.0. The van der Waals surface area contributed by atoms with Crippen molar-refractivity contribution in [2.24, 2.45) is 7.05 Å². The Kier molecular flexibility index (Phi) is 5.51. The van der Waals surface area contributed by atoms with Crippen molar-refractivity contribution >= 4 is 23.4 Å². The number of imidazole rings is 1. The molecule has 7 nitrogen and oxygen atoms in total. The first kappa shape index (κ1) is 20.7. The lowest BCUT2D eigenvalue weighted by atomic mass is 10.3. The second-order valence-corrected chi connectivity index (χ2v) is 7.61. The van der Waals surface area contributed by atoms with E-state index in [0.29, 0.717) is 22.2 Å². The molecule has 0 spiro atoms. The summed E-state index contributed by atoms with van der Waals surface area (Å²) in [5, 5.41) is 3.32. The molecule has 158 valence electrons. The first-order valence-corrected chi connectivity index (χ1v) is 10.7. The number of hydrogen-bond acceptors (Lipinski definition) is 4. The SMILES string of the molecule is CSc1ncc(C(=O)Nc2c(C)n(C)n(-c3ccccc3)c2=O)n1-c1ccc(F)cc1. The van der Waals surface area contributed by atoms with E-state index in [1.165, 1.54) is 34.8 Å². The summed E-state index contributed by atoms with van der Waals surface area (Å²) < 4.78 is 18.2. The Hall–Kier alpha value is -3.59. The molecule has 2 aromatic carbocycles. The lowest BCUT2D eigenvalue weighted by molar-refractivity contribution is 0.102. The molecule has 0 saturated carbocycles. The molecular weight excluding hydrogens is 417 g/mol. The second kappa shape index (κ2) is 8.27. The normalized spacial score (nSPS) is 11.0. The number of nitrogens with one attached hydrogen (secondary N) is 1. The molecule has 0 unspecified atom stereocenters. The predicted molar refractivity (Wildman–Crippen MR) is 119 cm³/mol. The minimum Gasteiger partial charge on any atom is -0.314 e. The largest absolute Gasteiger partial charge is 0.314 e. The van der Waals surface area contributed by atoms with Gasteiger partial charge in [0.1, 0.15) is 17.2 Å². The Morgan fingerprint density at radius 2 is 1.74 bits per heavy atom. The number of rotatable bonds is 5. The predicted octanol–water partition coefficient (Wildman–Crippen LogP) is 3.78. The highest BCUT2D eigenvalue weighted by molar-refractivity contribution is 7.98. The average Bonchev–Trinajstić information content (AvgIpc) is 3.30. The van der Waals surface area contributed by atoms with E-state index in [-0.39, 0.29) is 22.8 Å². The Bertz CT molecular complexity index is 1310. The zero-order chi connectivity index (χ0) is 22.1. The molecule has 2 heterocycles. The molecule has 4 rings (SSSR count). The van der Waals surface area contributed by atoms with Crippen molar-refractivity contribution in [2.45, 2.75) is 12.1 Å². The van der Waals surface area contributed by atoms with Gasteiger partial charge in [0.25, 0.3) is 11.5 Å². The second-order valence-electron chi connectivity index (χ2n) is 6.83. The highest BCUT2D eigenvalue weighted by Gasteiger charge is 2.22. The monoisotopic (exact) mass is 437 g/mol. The van der Waals surface area contributed by atoms with Crippen LogP contribution in [0.4, 0.5) is 10.1 Å². The van der Waals surface area contributed by atoms with Crippen LogP contribution < -0.4 is 10.9 Å². The van der Waals surface area contributed by atoms with Crippen LogP contribution in [0.3, 0.4) is 0 Å². The number of thioether (sulfide) groups is 1. The average molecular weight is 438 g/mol. The third-order valence-corrected chi connectivity index (χ3v) is 5.68. The summed E-state index contributed by atoms with van der Waals surface area (Å²) in [6, 6.07) is 15.0. The number of halogens is 1. The van der Waals surface area contributed by atoms with Gasteiger partial charge < -0.3 is 5.32 Å². The molecule has 4 aromatic rings. The van der Waals surface area contributed by atoms with Crippen LogP contribution >= 0.6 is 11.8 Å². The molecule has 0 fully saturated rings. The van der Waals surface area contributed by atoms with Gasteiger partial charge >= 0.3 is 0 Å². The van der Waals surface area contributed by atoms with E-state index >= 15 is 0 Å². The topological polar surface area (TPSA) is 73.8 Å². The van der Waals surface area contributed by atoms with Crippen molar-refractivity contribution in [3.63, 3.8) is 0 Å². The van der Waals surface area contributed by atoms with Gasteiger partial charge in [-0.25, -0.2) is 14.1 Å². The minimum absolute atomic E-state index is 0.189. The molecule has 0 saturated heterocycles. The van der Waals surface area contributed by atoms with Crippen molar-refractivity contribution in [1.82, 2.24) is 18.9 Å². The van der Waals surface area contributed by atoms with Gasteiger partial charge in [0, 0.05) is 12.7 Å². The van der Waals surface area contributed by atoms with Crippen LogP contribution in [0.5, 0.6) is 0 Å². The quantitative estimate of drug-likeness (QED) is 0.482. The smallest absolute Gasteiger partial charge is 0.295 e. The molecule has 0 bridgehead atoms. The van der Waals surface area contributed by atoms with Gasteiger partial charge in [0.2, 0.25) is 0 Å². The van der Waals surface area contributed by atoms with Crippen LogP contribution in [0.1, 0.15) is 16.2 Å². The zero-order valence-electron chi connectivity index (χ0n) is 17.2. The van der Waals surface area contributed by atoms with Gasteiger partial charge in [0.05, 0.1) is 17.6 Å². The molecule has 0 atom stereocenters. The first-order valence-electron chi connectivity index (χ1n) is 9.45. The highest BCUT2D eigenvalue weighted by Crippen LogP contribution is 2.23. The highest BCUT2D eigenvalue weighted by atomic mass is 32.2. The van der Waals surface area contributed by atoms with Gasteiger partial charge in [-0.05, 0) is 49.6 Å². The van der Waals surface area contributed by atoms with Gasteiger partial charge in [0.15, 0.2) is 5.16 Å². The van der Waals surface area contributed by atoms with Gasteiger partial charge in [-0.2, -0.15) is 0 Å². The summed E-state index contributed by atoms with van der Waals surface area (Å²) in [5.74, 6) is -0.856. The van der Waals surface area contributed by atoms with E-state index in [2.05, 4.69) is 10.3 Å². The Balaban J connectivity index is 1.75. The Morgan fingerprint density at radius 3 is 2.39 bits per heavy atom. The molecule has 0 radical (unpaired) electrons. The molecule has 1 N–H and O–H groups in total. The molecule has 31 heavy (non-hydrogen) atoms. The van der Waals surface area contributed by atoms with E-state index in [0.717, 1.165) is 0 Å².